The standard InChI is InChI=1S/C23H25N5O4S/c1-14(2)13-32-19-9-8-17(33(4,30)31)11-18(19)22-25-20-15(3)27-28(21(20)23(29)26-22)12-16-7-5-6-10-24-16/h5-11,14H,12-13H2,1-4H3,(H,25,26,29). The van der Waals surface area contributed by atoms with Gasteiger partial charge in [0.25, 0.3) is 5.56 Å². The Bertz CT molecular complexity index is 1470. The van der Waals surface area contributed by atoms with Crippen LogP contribution in [0.15, 0.2) is 52.3 Å². The zero-order valence-electron chi connectivity index (χ0n) is 18.9. The number of benzene rings is 1. The van der Waals surface area contributed by atoms with Crippen LogP contribution in [-0.2, 0) is 16.4 Å². The number of hydrogen-bond donors (Lipinski definition) is 1. The second-order valence-corrected chi connectivity index (χ2v) is 10.3. The van der Waals surface area contributed by atoms with Crippen molar-refractivity contribution in [1.82, 2.24) is 24.7 Å². The van der Waals surface area contributed by atoms with Gasteiger partial charge in [-0.15, -0.1) is 0 Å². The van der Waals surface area contributed by atoms with Crippen LogP contribution in [0.3, 0.4) is 0 Å². The van der Waals surface area contributed by atoms with Gasteiger partial charge in [0.15, 0.2) is 15.4 Å². The summed E-state index contributed by atoms with van der Waals surface area (Å²) < 4.78 is 31.8. The monoisotopic (exact) mass is 467 g/mol. The summed E-state index contributed by atoms with van der Waals surface area (Å²) >= 11 is 0. The Hall–Kier alpha value is -3.53. The number of H-pyrrole nitrogens is 1. The topological polar surface area (TPSA) is 120 Å². The minimum absolute atomic E-state index is 0.111. The molecule has 0 unspecified atom stereocenters. The molecule has 0 atom stereocenters. The van der Waals surface area contributed by atoms with Crippen molar-refractivity contribution in [3.63, 3.8) is 0 Å². The molecule has 10 heteroatoms. The average molecular weight is 468 g/mol. The second-order valence-electron chi connectivity index (χ2n) is 8.31. The van der Waals surface area contributed by atoms with Gasteiger partial charge in [-0.25, -0.2) is 13.4 Å². The van der Waals surface area contributed by atoms with Gasteiger partial charge in [-0.3, -0.25) is 14.5 Å². The molecule has 4 aromatic rings. The molecule has 33 heavy (non-hydrogen) atoms. The predicted octanol–water partition coefficient (Wildman–Crippen LogP) is 2.98. The SMILES string of the molecule is Cc1nn(Cc2ccccn2)c2c(=O)[nH]c(-c3cc(S(C)(=O)=O)ccc3OCC(C)C)nc12. The third-order valence-corrected chi connectivity index (χ3v) is 6.12. The van der Waals surface area contributed by atoms with E-state index >= 15 is 0 Å². The molecule has 0 aliphatic carbocycles. The first-order chi connectivity index (χ1) is 15.6. The minimum atomic E-state index is -3.47. The van der Waals surface area contributed by atoms with Gasteiger partial charge in [-0.1, -0.05) is 19.9 Å². The molecular formula is C23H25N5O4S. The summed E-state index contributed by atoms with van der Waals surface area (Å²) in [6, 6.07) is 10.1. The molecule has 0 aliphatic heterocycles. The molecule has 0 saturated heterocycles. The van der Waals surface area contributed by atoms with Crippen LogP contribution >= 0.6 is 0 Å². The summed E-state index contributed by atoms with van der Waals surface area (Å²) in [6.45, 7) is 6.54. The number of aromatic nitrogens is 5. The van der Waals surface area contributed by atoms with E-state index in [0.29, 0.717) is 41.2 Å². The number of aryl methyl sites for hydroxylation is 1. The lowest BCUT2D eigenvalue weighted by molar-refractivity contribution is 0.272. The highest BCUT2D eigenvalue weighted by molar-refractivity contribution is 7.90. The van der Waals surface area contributed by atoms with E-state index in [1.54, 1.807) is 23.9 Å². The third-order valence-electron chi connectivity index (χ3n) is 5.01. The smallest absolute Gasteiger partial charge is 0.277 e. The van der Waals surface area contributed by atoms with E-state index in [4.69, 9.17) is 4.74 Å². The number of sulfone groups is 1. The zero-order chi connectivity index (χ0) is 23.8. The first kappa shape index (κ1) is 22.7. The van der Waals surface area contributed by atoms with Gasteiger partial charge >= 0.3 is 0 Å². The van der Waals surface area contributed by atoms with Crippen LogP contribution in [0.4, 0.5) is 0 Å². The van der Waals surface area contributed by atoms with Crippen LogP contribution in [-0.4, -0.2) is 46.0 Å². The van der Waals surface area contributed by atoms with E-state index in [-0.39, 0.29) is 22.2 Å². The molecule has 3 aromatic heterocycles. The van der Waals surface area contributed by atoms with E-state index < -0.39 is 9.84 Å². The summed E-state index contributed by atoms with van der Waals surface area (Å²) in [5.74, 6) is 0.920. The van der Waals surface area contributed by atoms with Gasteiger partial charge in [-0.05, 0) is 43.2 Å². The average Bonchev–Trinajstić information content (AvgIpc) is 3.07. The Morgan fingerprint density at radius 2 is 1.97 bits per heavy atom. The fraction of sp³-hybridized carbons (Fsp3) is 0.304. The van der Waals surface area contributed by atoms with Crippen LogP contribution in [0.25, 0.3) is 22.4 Å². The van der Waals surface area contributed by atoms with Gasteiger partial charge in [0.1, 0.15) is 17.1 Å². The number of aromatic amines is 1. The maximum Gasteiger partial charge on any atom is 0.277 e. The Morgan fingerprint density at radius 3 is 2.64 bits per heavy atom. The second kappa shape index (κ2) is 8.78. The lowest BCUT2D eigenvalue weighted by Gasteiger charge is -2.14. The number of nitrogens with zero attached hydrogens (tertiary/aromatic N) is 4. The van der Waals surface area contributed by atoms with Gasteiger partial charge in [-0.2, -0.15) is 5.10 Å². The largest absolute Gasteiger partial charge is 0.493 e. The van der Waals surface area contributed by atoms with Gasteiger partial charge in [0, 0.05) is 12.5 Å². The molecule has 0 radical (unpaired) electrons. The van der Waals surface area contributed by atoms with E-state index in [1.807, 2.05) is 32.0 Å². The summed E-state index contributed by atoms with van der Waals surface area (Å²) in [5, 5.41) is 4.49. The van der Waals surface area contributed by atoms with Crippen molar-refractivity contribution < 1.29 is 13.2 Å². The van der Waals surface area contributed by atoms with Crippen LogP contribution in [0.5, 0.6) is 5.75 Å². The molecule has 1 aromatic carbocycles. The van der Waals surface area contributed by atoms with Gasteiger partial charge < -0.3 is 9.72 Å². The highest BCUT2D eigenvalue weighted by Crippen LogP contribution is 2.31. The highest BCUT2D eigenvalue weighted by Gasteiger charge is 2.20. The van der Waals surface area contributed by atoms with Crippen molar-refractivity contribution in [1.29, 1.82) is 0 Å². The third kappa shape index (κ3) is 4.80. The van der Waals surface area contributed by atoms with Crippen LogP contribution in [0.1, 0.15) is 25.2 Å². The highest BCUT2D eigenvalue weighted by atomic mass is 32.2. The first-order valence-electron chi connectivity index (χ1n) is 10.5. The van der Waals surface area contributed by atoms with Gasteiger partial charge in [0.2, 0.25) is 0 Å². The Kier molecular flexibility index (Phi) is 6.03. The molecule has 0 bridgehead atoms. The van der Waals surface area contributed by atoms with Gasteiger partial charge in [0.05, 0.1) is 35.0 Å². The summed E-state index contributed by atoms with van der Waals surface area (Å²) in [5.41, 5.74) is 2.11. The molecule has 4 rings (SSSR count). The van der Waals surface area contributed by atoms with Crippen molar-refractivity contribution in [2.45, 2.75) is 32.2 Å². The molecule has 172 valence electrons. The van der Waals surface area contributed by atoms with Crippen molar-refractivity contribution >= 4 is 20.9 Å². The maximum absolute atomic E-state index is 13.1. The van der Waals surface area contributed by atoms with Crippen molar-refractivity contribution in [3.05, 3.63) is 64.3 Å². The Balaban J connectivity index is 1.86. The fourth-order valence-electron chi connectivity index (χ4n) is 3.43. The summed E-state index contributed by atoms with van der Waals surface area (Å²) in [4.78, 5) is 25.0. The predicted molar refractivity (Wildman–Crippen MR) is 125 cm³/mol. The van der Waals surface area contributed by atoms with Crippen molar-refractivity contribution in [3.8, 4) is 17.1 Å². The number of hydrogen-bond acceptors (Lipinski definition) is 7. The molecule has 0 saturated carbocycles. The lowest BCUT2D eigenvalue weighted by atomic mass is 10.1. The molecule has 0 amide bonds. The lowest BCUT2D eigenvalue weighted by Crippen LogP contribution is -2.15. The zero-order valence-corrected chi connectivity index (χ0v) is 19.7. The molecular weight excluding hydrogens is 442 g/mol. The van der Waals surface area contributed by atoms with E-state index in [0.717, 1.165) is 11.9 Å². The van der Waals surface area contributed by atoms with E-state index in [2.05, 4.69) is 20.1 Å². The molecule has 3 heterocycles. The molecule has 0 fully saturated rings. The number of rotatable bonds is 7. The number of pyridine rings is 1. The maximum atomic E-state index is 13.1. The van der Waals surface area contributed by atoms with Crippen LogP contribution in [0.2, 0.25) is 0 Å². The molecule has 0 spiro atoms. The normalized spacial score (nSPS) is 11.9. The molecule has 9 nitrogen and oxygen atoms in total. The summed E-state index contributed by atoms with van der Waals surface area (Å²) in [7, 11) is -3.47. The quantitative estimate of drug-likeness (QED) is 0.444. The van der Waals surface area contributed by atoms with Crippen molar-refractivity contribution in [2.24, 2.45) is 5.92 Å². The Labute approximate surface area is 191 Å². The summed E-state index contributed by atoms with van der Waals surface area (Å²) in [6.07, 6.45) is 2.81. The number of fused-ring (bicyclic) bond motifs is 1. The minimum Gasteiger partial charge on any atom is -0.493 e. The molecule has 1 N–H and O–H groups in total. The molecule has 0 aliphatic rings. The van der Waals surface area contributed by atoms with Crippen LogP contribution in [0, 0.1) is 12.8 Å². The van der Waals surface area contributed by atoms with Crippen molar-refractivity contribution in [2.75, 3.05) is 12.9 Å². The fourth-order valence-corrected chi connectivity index (χ4v) is 4.08. The van der Waals surface area contributed by atoms with E-state index in [1.165, 1.54) is 12.1 Å². The number of nitrogens with one attached hydrogen (secondary N) is 1. The van der Waals surface area contributed by atoms with E-state index in [9.17, 15) is 13.2 Å². The number of ether oxygens (including phenoxy) is 1. The van der Waals surface area contributed by atoms with Crippen LogP contribution < -0.4 is 10.3 Å². The first-order valence-corrected chi connectivity index (χ1v) is 12.4. The Morgan fingerprint density at radius 1 is 1.18 bits per heavy atom.